The van der Waals surface area contributed by atoms with E-state index in [-0.39, 0.29) is 24.0 Å². The molecule has 0 amide bonds. The van der Waals surface area contributed by atoms with E-state index in [1.54, 1.807) is 0 Å². The van der Waals surface area contributed by atoms with E-state index in [0.29, 0.717) is 5.41 Å². The fourth-order valence-electron chi connectivity index (χ4n) is 1.82. The van der Waals surface area contributed by atoms with E-state index in [1.165, 1.54) is 6.42 Å². The van der Waals surface area contributed by atoms with Gasteiger partial charge in [-0.05, 0) is 44.9 Å². The second-order valence-corrected chi connectivity index (χ2v) is 6.26. The standard InChI is InChI=1S/C16H35N3O.HI/c1-6-17-15(18-12-8-9-14-20-7-2)19-13-10-11-16(3,4)5;/h6-14H2,1-5H3,(H2,17,18,19);1H. The van der Waals surface area contributed by atoms with Crippen LogP contribution >= 0.6 is 24.0 Å². The van der Waals surface area contributed by atoms with Crippen LogP contribution < -0.4 is 10.6 Å². The highest BCUT2D eigenvalue weighted by Crippen LogP contribution is 2.20. The minimum Gasteiger partial charge on any atom is -0.382 e. The summed E-state index contributed by atoms with van der Waals surface area (Å²) >= 11 is 0. The van der Waals surface area contributed by atoms with Crippen molar-refractivity contribution in [3.05, 3.63) is 0 Å². The predicted molar refractivity (Wildman–Crippen MR) is 104 cm³/mol. The topological polar surface area (TPSA) is 45.7 Å². The van der Waals surface area contributed by atoms with Gasteiger partial charge in [-0.2, -0.15) is 0 Å². The van der Waals surface area contributed by atoms with Gasteiger partial charge in [0.1, 0.15) is 0 Å². The molecule has 0 aliphatic carbocycles. The Kier molecular flexibility index (Phi) is 16.5. The number of hydrogen-bond acceptors (Lipinski definition) is 2. The molecule has 0 aromatic heterocycles. The highest BCUT2D eigenvalue weighted by molar-refractivity contribution is 14.0. The van der Waals surface area contributed by atoms with Crippen molar-refractivity contribution in [1.82, 2.24) is 10.6 Å². The maximum absolute atomic E-state index is 5.33. The van der Waals surface area contributed by atoms with Crippen LogP contribution in [0.4, 0.5) is 0 Å². The van der Waals surface area contributed by atoms with Crippen molar-refractivity contribution in [2.45, 2.75) is 60.3 Å². The van der Waals surface area contributed by atoms with Gasteiger partial charge in [0.2, 0.25) is 0 Å². The third kappa shape index (κ3) is 17.9. The van der Waals surface area contributed by atoms with Crippen molar-refractivity contribution in [2.75, 3.05) is 32.8 Å². The third-order valence-electron chi connectivity index (χ3n) is 2.91. The van der Waals surface area contributed by atoms with Crippen molar-refractivity contribution in [3.8, 4) is 0 Å². The fourth-order valence-corrected chi connectivity index (χ4v) is 1.82. The van der Waals surface area contributed by atoms with E-state index in [0.717, 1.165) is 58.1 Å². The number of rotatable bonds is 10. The van der Waals surface area contributed by atoms with Crippen LogP contribution in [0.2, 0.25) is 0 Å². The maximum atomic E-state index is 5.33. The van der Waals surface area contributed by atoms with Crippen LogP contribution in [0.3, 0.4) is 0 Å². The average Bonchev–Trinajstić information content (AvgIpc) is 2.37. The quantitative estimate of drug-likeness (QED) is 0.248. The molecule has 0 aromatic rings. The number of unbranched alkanes of at least 4 members (excludes halogenated alkanes) is 1. The van der Waals surface area contributed by atoms with E-state index in [2.05, 4.69) is 43.3 Å². The number of aliphatic imine (C=N–C) groups is 1. The number of hydrogen-bond donors (Lipinski definition) is 2. The molecule has 21 heavy (non-hydrogen) atoms. The molecule has 0 bridgehead atoms. The van der Waals surface area contributed by atoms with Crippen molar-refractivity contribution in [1.29, 1.82) is 0 Å². The summed E-state index contributed by atoms with van der Waals surface area (Å²) in [6, 6.07) is 0. The molecule has 0 fully saturated rings. The van der Waals surface area contributed by atoms with Gasteiger partial charge in [-0.3, -0.25) is 4.99 Å². The Labute approximate surface area is 148 Å². The first-order valence-electron chi connectivity index (χ1n) is 8.09. The van der Waals surface area contributed by atoms with E-state index < -0.39 is 0 Å². The second kappa shape index (κ2) is 14.9. The molecule has 0 spiro atoms. The Morgan fingerprint density at radius 1 is 1.05 bits per heavy atom. The van der Waals surface area contributed by atoms with Crippen LogP contribution in [-0.4, -0.2) is 38.8 Å². The molecule has 0 aliphatic heterocycles. The zero-order valence-corrected chi connectivity index (χ0v) is 17.0. The van der Waals surface area contributed by atoms with E-state index >= 15 is 0 Å². The first kappa shape index (κ1) is 23.2. The Morgan fingerprint density at radius 2 is 1.76 bits per heavy atom. The molecular formula is C16H36IN3O. The normalized spacial score (nSPS) is 12.0. The summed E-state index contributed by atoms with van der Waals surface area (Å²) < 4.78 is 5.33. The number of nitrogens with one attached hydrogen (secondary N) is 2. The summed E-state index contributed by atoms with van der Waals surface area (Å²) in [5.74, 6) is 0.942. The molecule has 128 valence electrons. The summed E-state index contributed by atoms with van der Waals surface area (Å²) in [5, 5.41) is 6.67. The van der Waals surface area contributed by atoms with E-state index in [1.807, 2.05) is 6.92 Å². The van der Waals surface area contributed by atoms with Crippen LogP contribution in [-0.2, 0) is 4.74 Å². The fraction of sp³-hybridized carbons (Fsp3) is 0.938. The SMILES string of the molecule is CCNC(=NCCCC(C)(C)C)NCCCCOCC.I. The molecule has 0 rings (SSSR count). The lowest BCUT2D eigenvalue weighted by molar-refractivity contribution is 0.143. The molecule has 0 heterocycles. The molecule has 0 saturated carbocycles. The Morgan fingerprint density at radius 3 is 2.33 bits per heavy atom. The minimum atomic E-state index is 0. The summed E-state index contributed by atoms with van der Waals surface area (Å²) in [6.45, 7) is 15.4. The molecule has 0 atom stereocenters. The lowest BCUT2D eigenvalue weighted by atomic mass is 9.91. The van der Waals surface area contributed by atoms with Gasteiger partial charge in [-0.25, -0.2) is 0 Å². The molecule has 0 unspecified atom stereocenters. The van der Waals surface area contributed by atoms with Crippen LogP contribution in [0.15, 0.2) is 4.99 Å². The van der Waals surface area contributed by atoms with Crippen LogP contribution in [0.1, 0.15) is 60.3 Å². The van der Waals surface area contributed by atoms with Gasteiger partial charge in [0, 0.05) is 32.8 Å². The van der Waals surface area contributed by atoms with Crippen molar-refractivity contribution in [2.24, 2.45) is 10.4 Å². The second-order valence-electron chi connectivity index (χ2n) is 6.26. The Bertz CT molecular complexity index is 252. The Hall–Kier alpha value is -0.0400. The minimum absolute atomic E-state index is 0. The van der Waals surface area contributed by atoms with Gasteiger partial charge in [-0.1, -0.05) is 20.8 Å². The van der Waals surface area contributed by atoms with Crippen LogP contribution in [0.25, 0.3) is 0 Å². The summed E-state index contributed by atoms with van der Waals surface area (Å²) in [5.41, 5.74) is 0.403. The molecule has 0 saturated heterocycles. The lowest BCUT2D eigenvalue weighted by Crippen LogP contribution is -2.38. The molecule has 0 aliphatic rings. The Balaban J connectivity index is 0. The van der Waals surface area contributed by atoms with Crippen LogP contribution in [0.5, 0.6) is 0 Å². The zero-order chi connectivity index (χ0) is 15.3. The van der Waals surface area contributed by atoms with E-state index in [9.17, 15) is 0 Å². The van der Waals surface area contributed by atoms with Gasteiger partial charge < -0.3 is 15.4 Å². The molecule has 0 aromatic carbocycles. The highest BCUT2D eigenvalue weighted by atomic mass is 127. The third-order valence-corrected chi connectivity index (χ3v) is 2.91. The van der Waals surface area contributed by atoms with Crippen molar-refractivity contribution >= 4 is 29.9 Å². The molecule has 0 radical (unpaired) electrons. The number of nitrogens with zero attached hydrogens (tertiary/aromatic N) is 1. The van der Waals surface area contributed by atoms with Crippen molar-refractivity contribution in [3.63, 3.8) is 0 Å². The van der Waals surface area contributed by atoms with Gasteiger partial charge in [-0.15, -0.1) is 24.0 Å². The average molecular weight is 413 g/mol. The van der Waals surface area contributed by atoms with Gasteiger partial charge in [0.15, 0.2) is 5.96 Å². The number of halogens is 1. The summed E-state index contributed by atoms with van der Waals surface area (Å²) in [6.07, 6.45) is 4.57. The van der Waals surface area contributed by atoms with E-state index in [4.69, 9.17) is 4.74 Å². The molecular weight excluding hydrogens is 377 g/mol. The first-order valence-corrected chi connectivity index (χ1v) is 8.09. The predicted octanol–water partition coefficient (Wildman–Crippen LogP) is 3.80. The molecule has 2 N–H and O–H groups in total. The van der Waals surface area contributed by atoms with Crippen molar-refractivity contribution < 1.29 is 4.74 Å². The highest BCUT2D eigenvalue weighted by Gasteiger charge is 2.08. The summed E-state index contributed by atoms with van der Waals surface area (Å²) in [7, 11) is 0. The zero-order valence-electron chi connectivity index (χ0n) is 14.6. The first-order chi connectivity index (χ1) is 9.49. The monoisotopic (exact) mass is 413 g/mol. The van der Waals surface area contributed by atoms with Crippen LogP contribution in [0, 0.1) is 5.41 Å². The largest absolute Gasteiger partial charge is 0.382 e. The van der Waals surface area contributed by atoms with Gasteiger partial charge in [0.05, 0.1) is 0 Å². The smallest absolute Gasteiger partial charge is 0.191 e. The van der Waals surface area contributed by atoms with Gasteiger partial charge in [0.25, 0.3) is 0 Å². The van der Waals surface area contributed by atoms with Gasteiger partial charge >= 0.3 is 0 Å². The number of ether oxygens (including phenoxy) is 1. The number of guanidine groups is 1. The lowest BCUT2D eigenvalue weighted by Gasteiger charge is -2.17. The molecule has 5 heteroatoms. The maximum Gasteiger partial charge on any atom is 0.191 e. The molecule has 4 nitrogen and oxygen atoms in total. The summed E-state index contributed by atoms with van der Waals surface area (Å²) in [4.78, 5) is 4.61.